The Morgan fingerprint density at radius 1 is 1.13 bits per heavy atom. The first-order valence-corrected chi connectivity index (χ1v) is 15.8. The van der Waals surface area contributed by atoms with Crippen LogP contribution in [0.25, 0.3) is 0 Å². The first-order valence-electron chi connectivity index (χ1n) is 13.4. The molecule has 2 unspecified atom stereocenters. The van der Waals surface area contributed by atoms with Gasteiger partial charge < -0.3 is 24.2 Å². The molecule has 1 N–H and O–H groups in total. The van der Waals surface area contributed by atoms with Gasteiger partial charge in [0, 0.05) is 38.5 Å². The molecule has 1 aliphatic heterocycles. The second-order valence-electron chi connectivity index (χ2n) is 9.86. The Kier molecular flexibility index (Phi) is 10.4. The Morgan fingerprint density at radius 2 is 1.87 bits per heavy atom. The normalized spacial score (nSPS) is 20.4. The van der Waals surface area contributed by atoms with Gasteiger partial charge in [-0.2, -0.15) is 15.6 Å². The summed E-state index contributed by atoms with van der Waals surface area (Å²) >= 11 is 1.59. The maximum atomic E-state index is 13.4. The van der Waals surface area contributed by atoms with E-state index in [0.717, 1.165) is 31.2 Å². The van der Waals surface area contributed by atoms with Crippen molar-refractivity contribution in [3.8, 4) is 5.75 Å². The second-order valence-corrected chi connectivity index (χ2v) is 12.6. The topological polar surface area (TPSA) is 106 Å². The smallest absolute Gasteiger partial charge is 0.288 e. The van der Waals surface area contributed by atoms with Crippen molar-refractivity contribution in [3.63, 3.8) is 0 Å². The van der Waals surface area contributed by atoms with Crippen LogP contribution >= 0.6 is 11.3 Å². The molecule has 1 fully saturated rings. The lowest BCUT2D eigenvalue weighted by Gasteiger charge is -2.34. The van der Waals surface area contributed by atoms with Crippen molar-refractivity contribution in [3.05, 3.63) is 58.5 Å². The first kappa shape index (κ1) is 29.5. The molecule has 214 valence electrons. The zero-order chi connectivity index (χ0) is 27.8. The lowest BCUT2D eigenvalue weighted by atomic mass is 9.93. The van der Waals surface area contributed by atoms with Crippen molar-refractivity contribution >= 4 is 27.3 Å². The van der Waals surface area contributed by atoms with Crippen molar-refractivity contribution in [1.29, 1.82) is 0 Å². The number of rotatable bonds is 12. The highest BCUT2D eigenvalue weighted by Crippen LogP contribution is 2.34. The van der Waals surface area contributed by atoms with Crippen LogP contribution in [-0.4, -0.2) is 81.4 Å². The third-order valence-corrected chi connectivity index (χ3v) is 9.99. The molecule has 1 amide bonds. The van der Waals surface area contributed by atoms with Crippen LogP contribution in [0.5, 0.6) is 5.75 Å². The largest absolute Gasteiger partial charge is 0.497 e. The average Bonchev–Trinajstić information content (AvgIpc) is 3.51. The lowest BCUT2D eigenvalue weighted by molar-refractivity contribution is -0.153. The summed E-state index contributed by atoms with van der Waals surface area (Å²) in [6.45, 7) is -0.343. The van der Waals surface area contributed by atoms with E-state index in [9.17, 15) is 18.3 Å². The summed E-state index contributed by atoms with van der Waals surface area (Å²) in [5.74, 6) is 0.617. The van der Waals surface area contributed by atoms with E-state index in [1.54, 1.807) is 28.4 Å². The molecular formula is C28H38N2O7S2. The maximum absolute atomic E-state index is 13.4. The molecule has 0 bridgehead atoms. The number of thiophene rings is 1. The molecule has 0 saturated heterocycles. The summed E-state index contributed by atoms with van der Waals surface area (Å²) in [6, 6.07) is 8.34. The molecule has 1 aromatic heterocycles. The summed E-state index contributed by atoms with van der Waals surface area (Å²) in [5, 5.41) is 13.6. The van der Waals surface area contributed by atoms with Gasteiger partial charge in [0.25, 0.3) is 5.91 Å². The zero-order valence-corrected chi connectivity index (χ0v) is 24.2. The number of ether oxygens (including phenoxy) is 3. The number of aliphatic hydroxyl groups is 1. The molecule has 0 radical (unpaired) electrons. The van der Waals surface area contributed by atoms with Crippen molar-refractivity contribution in [2.45, 2.75) is 61.7 Å². The Balaban J connectivity index is 1.43. The molecule has 4 rings (SSSR count). The van der Waals surface area contributed by atoms with Crippen molar-refractivity contribution in [2.24, 2.45) is 0 Å². The number of benzene rings is 1. The van der Waals surface area contributed by atoms with E-state index in [0.29, 0.717) is 12.2 Å². The number of aliphatic hydroxyl groups excluding tert-OH is 1. The fourth-order valence-electron chi connectivity index (χ4n) is 5.08. The number of hydrogen-bond acceptors (Lipinski definition) is 8. The van der Waals surface area contributed by atoms with Gasteiger partial charge in [-0.1, -0.05) is 19.3 Å². The van der Waals surface area contributed by atoms with E-state index in [1.165, 1.54) is 30.0 Å². The summed E-state index contributed by atoms with van der Waals surface area (Å²) in [6.07, 6.45) is 7.11. The fraction of sp³-hybridized carbons (Fsp3) is 0.536. The van der Waals surface area contributed by atoms with E-state index in [2.05, 4.69) is 5.38 Å². The minimum absolute atomic E-state index is 0.0207. The zero-order valence-electron chi connectivity index (χ0n) is 22.5. The Bertz CT molecular complexity index is 1190. The number of methoxy groups -OCH3 is 1. The molecule has 2 aliphatic rings. The Labute approximate surface area is 235 Å². The van der Waals surface area contributed by atoms with E-state index in [1.807, 2.05) is 24.6 Å². The van der Waals surface area contributed by atoms with Gasteiger partial charge in [-0.15, -0.1) is 0 Å². The van der Waals surface area contributed by atoms with Crippen molar-refractivity contribution in [2.75, 3.05) is 40.5 Å². The lowest BCUT2D eigenvalue weighted by Crippen LogP contribution is -2.41. The number of hydrogen-bond donors (Lipinski definition) is 1. The summed E-state index contributed by atoms with van der Waals surface area (Å²) in [7, 11) is -0.511. The predicted octanol–water partition coefficient (Wildman–Crippen LogP) is 3.96. The van der Waals surface area contributed by atoms with E-state index >= 15 is 0 Å². The fourth-order valence-corrected chi connectivity index (χ4v) is 7.22. The molecule has 0 spiro atoms. The van der Waals surface area contributed by atoms with E-state index in [4.69, 9.17) is 14.2 Å². The molecule has 2 atom stereocenters. The van der Waals surface area contributed by atoms with Crippen molar-refractivity contribution in [1.82, 2.24) is 9.21 Å². The van der Waals surface area contributed by atoms with E-state index in [-0.39, 0.29) is 54.8 Å². The minimum Gasteiger partial charge on any atom is -0.497 e. The average molecular weight is 579 g/mol. The third kappa shape index (κ3) is 7.40. The van der Waals surface area contributed by atoms with Crippen LogP contribution in [0.2, 0.25) is 0 Å². The maximum Gasteiger partial charge on any atom is 0.288 e. The van der Waals surface area contributed by atoms with Gasteiger partial charge in [-0.3, -0.25) is 4.79 Å². The van der Waals surface area contributed by atoms with Gasteiger partial charge in [0.1, 0.15) is 5.75 Å². The van der Waals surface area contributed by atoms with Gasteiger partial charge in [-0.05, 0) is 65.6 Å². The van der Waals surface area contributed by atoms with Crippen LogP contribution in [0.4, 0.5) is 0 Å². The Hall–Kier alpha value is -2.44. The quantitative estimate of drug-likeness (QED) is 0.406. The summed E-state index contributed by atoms with van der Waals surface area (Å²) in [4.78, 5) is 15.3. The van der Waals surface area contributed by atoms with Crippen LogP contribution in [0.15, 0.2) is 57.8 Å². The van der Waals surface area contributed by atoms with Gasteiger partial charge in [0.2, 0.25) is 16.3 Å². The van der Waals surface area contributed by atoms with Gasteiger partial charge in [0.15, 0.2) is 5.76 Å². The standard InChI is InChI=1S/C28H38N2O7S2/c1-29(23-6-4-3-5-7-23)28(32)26-18-22(21-12-17-38-20-21)19-27(37-26)36-16-14-30(13-15-31)39(33,34)25-10-8-24(35-2)9-11-25/h8-12,17-18,20,22-23,27,31H,3-7,13-16,19H2,1-2H3. The van der Waals surface area contributed by atoms with E-state index < -0.39 is 16.3 Å². The van der Waals surface area contributed by atoms with Crippen LogP contribution < -0.4 is 4.74 Å². The number of allylic oxidation sites excluding steroid dienone is 1. The SMILES string of the molecule is COc1ccc(S(=O)(=O)N(CCO)CCOC2CC(c3ccsc3)C=C(C(=O)N(C)C3CCCCC3)O2)cc1. The highest BCUT2D eigenvalue weighted by atomic mass is 32.2. The second kappa shape index (κ2) is 13.8. The van der Waals surface area contributed by atoms with Gasteiger partial charge in [-0.25, -0.2) is 8.42 Å². The monoisotopic (exact) mass is 578 g/mol. The molecule has 9 nitrogen and oxygen atoms in total. The number of carbonyl (C=O) groups is 1. The van der Waals surface area contributed by atoms with Crippen molar-refractivity contribution < 1.29 is 32.5 Å². The number of nitrogens with zero attached hydrogens (tertiary/aromatic N) is 2. The molecule has 2 heterocycles. The van der Waals surface area contributed by atoms with Crippen LogP contribution in [-0.2, 0) is 24.3 Å². The van der Waals surface area contributed by atoms with Crippen LogP contribution in [0, 0.1) is 0 Å². The first-order chi connectivity index (χ1) is 18.8. The molecule has 11 heteroatoms. The highest BCUT2D eigenvalue weighted by Gasteiger charge is 2.33. The molecule has 2 aromatic rings. The summed E-state index contributed by atoms with van der Waals surface area (Å²) in [5.41, 5.74) is 1.09. The molecule has 1 aromatic carbocycles. The van der Waals surface area contributed by atoms with Gasteiger partial charge in [0.05, 0.1) is 25.2 Å². The number of sulfonamides is 1. The molecule has 1 saturated carbocycles. The number of amides is 1. The van der Waals surface area contributed by atoms with Crippen LogP contribution in [0.3, 0.4) is 0 Å². The van der Waals surface area contributed by atoms with Gasteiger partial charge >= 0.3 is 0 Å². The Morgan fingerprint density at radius 3 is 2.51 bits per heavy atom. The number of likely N-dealkylation sites (N-methyl/N-ethyl adjacent to an activating group) is 1. The molecule has 39 heavy (non-hydrogen) atoms. The highest BCUT2D eigenvalue weighted by molar-refractivity contribution is 7.89. The molecular weight excluding hydrogens is 540 g/mol. The number of carbonyl (C=O) groups excluding carboxylic acids is 1. The van der Waals surface area contributed by atoms with Crippen LogP contribution in [0.1, 0.15) is 50.0 Å². The predicted molar refractivity (Wildman–Crippen MR) is 149 cm³/mol. The minimum atomic E-state index is -3.86. The summed E-state index contributed by atoms with van der Waals surface area (Å²) < 4.78 is 44.8. The third-order valence-electron chi connectivity index (χ3n) is 7.37. The molecule has 1 aliphatic carbocycles.